The van der Waals surface area contributed by atoms with E-state index in [-0.39, 0.29) is 0 Å². The van der Waals surface area contributed by atoms with Gasteiger partial charge in [0.25, 0.3) is 0 Å². The summed E-state index contributed by atoms with van der Waals surface area (Å²) in [5, 5.41) is 13.1. The Kier molecular flexibility index (Phi) is 4.35. The summed E-state index contributed by atoms with van der Waals surface area (Å²) < 4.78 is 6.55. The molecule has 0 bridgehead atoms. The van der Waals surface area contributed by atoms with E-state index in [2.05, 4.69) is 27.0 Å². The fourth-order valence-electron chi connectivity index (χ4n) is 2.85. The van der Waals surface area contributed by atoms with Gasteiger partial charge in [-0.25, -0.2) is 0 Å². The largest absolute Gasteiger partial charge is 0.497 e. The van der Waals surface area contributed by atoms with Crippen LogP contribution in [0.5, 0.6) is 5.75 Å². The molecule has 2 N–H and O–H groups in total. The number of rotatable bonds is 4. The van der Waals surface area contributed by atoms with Crippen LogP contribution in [0.25, 0.3) is 0 Å². The Hall–Kier alpha value is -2.72. The van der Waals surface area contributed by atoms with Crippen LogP contribution in [0.3, 0.4) is 0 Å². The summed E-state index contributed by atoms with van der Waals surface area (Å²) in [6.45, 7) is 4.43. The summed E-state index contributed by atoms with van der Waals surface area (Å²) in [5.74, 6) is 2.03. The van der Waals surface area contributed by atoms with Crippen LogP contribution in [0.1, 0.15) is 5.56 Å². The molecular weight excluding hydrogens is 292 g/mol. The van der Waals surface area contributed by atoms with Crippen LogP contribution in [0, 0.1) is 11.5 Å². The molecule has 7 heteroatoms. The smallest absolute Gasteiger partial charge is 0.208 e. The van der Waals surface area contributed by atoms with Gasteiger partial charge in [-0.15, -0.1) is 9.78 Å². The molecule has 0 saturated carbocycles. The molecule has 1 fully saturated rings. The molecule has 7 nitrogen and oxygen atoms in total. The van der Waals surface area contributed by atoms with Crippen LogP contribution in [0.2, 0.25) is 0 Å². The van der Waals surface area contributed by atoms with Gasteiger partial charge in [-0.3, -0.25) is 4.90 Å². The first-order valence-corrected chi connectivity index (χ1v) is 7.55. The number of methoxy groups -OCH3 is 1. The maximum atomic E-state index is 9.10. The van der Waals surface area contributed by atoms with Crippen LogP contribution in [0.15, 0.2) is 30.3 Å². The summed E-state index contributed by atoms with van der Waals surface area (Å²) >= 11 is 0. The lowest BCUT2D eigenvalue weighted by Crippen LogP contribution is -2.46. The van der Waals surface area contributed by atoms with Gasteiger partial charge in [0.05, 0.1) is 7.11 Å². The zero-order chi connectivity index (χ0) is 16.2. The zero-order valence-corrected chi connectivity index (χ0v) is 13.1. The SMILES string of the molecule is COc1cccc(CN2CCN(c3cc(N)nn3C#N)CC2)c1. The monoisotopic (exact) mass is 312 g/mol. The number of piperazine rings is 1. The molecule has 2 aromatic rings. The normalized spacial score (nSPS) is 15.4. The Morgan fingerprint density at radius 1 is 1.26 bits per heavy atom. The summed E-state index contributed by atoms with van der Waals surface area (Å²) in [4.78, 5) is 4.54. The fraction of sp³-hybridized carbons (Fsp3) is 0.375. The first-order chi connectivity index (χ1) is 11.2. The van der Waals surface area contributed by atoms with Gasteiger partial charge in [0, 0.05) is 38.8 Å². The predicted octanol–water partition coefficient (Wildman–Crippen LogP) is 1.13. The van der Waals surface area contributed by atoms with Gasteiger partial charge in [0.1, 0.15) is 17.4 Å². The van der Waals surface area contributed by atoms with E-state index in [1.54, 1.807) is 13.2 Å². The van der Waals surface area contributed by atoms with Gasteiger partial charge < -0.3 is 15.4 Å². The Morgan fingerprint density at radius 2 is 2.04 bits per heavy atom. The Bertz CT molecular complexity index is 712. The van der Waals surface area contributed by atoms with E-state index in [0.717, 1.165) is 44.3 Å². The predicted molar refractivity (Wildman–Crippen MR) is 88.1 cm³/mol. The highest BCUT2D eigenvalue weighted by Gasteiger charge is 2.21. The molecule has 0 atom stereocenters. The minimum absolute atomic E-state index is 0.375. The molecule has 2 heterocycles. The van der Waals surface area contributed by atoms with Gasteiger partial charge in [-0.1, -0.05) is 12.1 Å². The molecule has 23 heavy (non-hydrogen) atoms. The van der Waals surface area contributed by atoms with E-state index in [0.29, 0.717) is 5.82 Å². The number of nitrogen functional groups attached to an aromatic ring is 1. The Balaban J connectivity index is 1.61. The van der Waals surface area contributed by atoms with Gasteiger partial charge in [0.2, 0.25) is 6.19 Å². The van der Waals surface area contributed by atoms with Crippen LogP contribution in [-0.2, 0) is 6.54 Å². The van der Waals surface area contributed by atoms with Crippen LogP contribution in [0.4, 0.5) is 11.6 Å². The van der Waals surface area contributed by atoms with Crippen molar-refractivity contribution in [3.05, 3.63) is 35.9 Å². The van der Waals surface area contributed by atoms with E-state index < -0.39 is 0 Å². The van der Waals surface area contributed by atoms with E-state index >= 15 is 0 Å². The Labute approximate surface area is 135 Å². The molecule has 120 valence electrons. The van der Waals surface area contributed by atoms with Crippen molar-refractivity contribution in [3.8, 4) is 11.9 Å². The lowest BCUT2D eigenvalue weighted by Gasteiger charge is -2.35. The zero-order valence-electron chi connectivity index (χ0n) is 13.1. The number of hydrogen-bond acceptors (Lipinski definition) is 6. The molecule has 0 amide bonds. The Morgan fingerprint density at radius 3 is 2.74 bits per heavy atom. The summed E-state index contributed by atoms with van der Waals surface area (Å²) in [6, 6.07) is 9.90. The van der Waals surface area contributed by atoms with Gasteiger partial charge in [-0.05, 0) is 17.7 Å². The van der Waals surface area contributed by atoms with Crippen molar-refractivity contribution >= 4 is 11.6 Å². The highest BCUT2D eigenvalue weighted by atomic mass is 16.5. The fourth-order valence-corrected chi connectivity index (χ4v) is 2.85. The van der Waals surface area contributed by atoms with Crippen molar-refractivity contribution in [2.24, 2.45) is 0 Å². The molecule has 0 aliphatic carbocycles. The third kappa shape index (κ3) is 3.38. The molecular formula is C16H20N6O. The number of aromatic nitrogens is 2. The lowest BCUT2D eigenvalue weighted by molar-refractivity contribution is 0.248. The second kappa shape index (κ2) is 6.58. The molecule has 1 aliphatic heterocycles. The van der Waals surface area contributed by atoms with E-state index in [1.165, 1.54) is 10.2 Å². The van der Waals surface area contributed by atoms with Gasteiger partial charge >= 0.3 is 0 Å². The quantitative estimate of drug-likeness (QED) is 0.911. The first-order valence-electron chi connectivity index (χ1n) is 7.55. The number of anilines is 2. The molecule has 1 aliphatic rings. The van der Waals surface area contributed by atoms with Gasteiger partial charge in [-0.2, -0.15) is 5.26 Å². The van der Waals surface area contributed by atoms with Crippen molar-refractivity contribution in [1.82, 2.24) is 14.7 Å². The minimum Gasteiger partial charge on any atom is -0.497 e. The van der Waals surface area contributed by atoms with Crippen molar-refractivity contribution in [3.63, 3.8) is 0 Å². The van der Waals surface area contributed by atoms with Gasteiger partial charge in [0.15, 0.2) is 0 Å². The van der Waals surface area contributed by atoms with E-state index in [4.69, 9.17) is 15.7 Å². The number of nitrogens with zero attached hydrogens (tertiary/aromatic N) is 5. The number of ether oxygens (including phenoxy) is 1. The standard InChI is InChI=1S/C16H20N6O/c1-23-14-4-2-3-13(9-14)11-20-5-7-21(8-6-20)16-10-15(18)19-22(16)12-17/h2-4,9-10H,5-8,11H2,1H3,(H2,18,19). The number of nitriles is 1. The summed E-state index contributed by atoms with van der Waals surface area (Å²) in [5.41, 5.74) is 6.93. The summed E-state index contributed by atoms with van der Waals surface area (Å²) in [6.07, 6.45) is 2.03. The van der Waals surface area contributed by atoms with Crippen LogP contribution in [-0.4, -0.2) is 48.0 Å². The lowest BCUT2D eigenvalue weighted by atomic mass is 10.2. The van der Waals surface area contributed by atoms with Crippen molar-refractivity contribution in [2.45, 2.75) is 6.54 Å². The number of benzene rings is 1. The number of hydrogen-bond donors (Lipinski definition) is 1. The second-order valence-corrected chi connectivity index (χ2v) is 5.55. The van der Waals surface area contributed by atoms with Crippen molar-refractivity contribution in [1.29, 1.82) is 5.26 Å². The second-order valence-electron chi connectivity index (χ2n) is 5.55. The number of nitrogens with two attached hydrogens (primary N) is 1. The third-order valence-electron chi connectivity index (χ3n) is 4.04. The average Bonchev–Trinajstić information content (AvgIpc) is 2.97. The van der Waals surface area contributed by atoms with Crippen molar-refractivity contribution < 1.29 is 4.74 Å². The molecule has 0 spiro atoms. The highest BCUT2D eigenvalue weighted by molar-refractivity contribution is 5.50. The first kappa shape index (κ1) is 15.2. The average molecular weight is 312 g/mol. The van der Waals surface area contributed by atoms with Crippen LogP contribution >= 0.6 is 0 Å². The summed E-state index contributed by atoms with van der Waals surface area (Å²) in [7, 11) is 1.68. The molecule has 0 unspecified atom stereocenters. The molecule has 1 aromatic heterocycles. The molecule has 1 saturated heterocycles. The molecule has 3 rings (SSSR count). The third-order valence-corrected chi connectivity index (χ3v) is 4.04. The van der Waals surface area contributed by atoms with E-state index in [1.807, 2.05) is 18.3 Å². The maximum absolute atomic E-state index is 9.10. The molecule has 0 radical (unpaired) electrons. The minimum atomic E-state index is 0.375. The molecule has 1 aromatic carbocycles. The van der Waals surface area contributed by atoms with E-state index in [9.17, 15) is 0 Å². The van der Waals surface area contributed by atoms with Crippen molar-refractivity contribution in [2.75, 3.05) is 43.9 Å². The van der Waals surface area contributed by atoms with Crippen LogP contribution < -0.4 is 15.4 Å². The topological polar surface area (TPSA) is 83.3 Å². The highest BCUT2D eigenvalue weighted by Crippen LogP contribution is 2.20. The maximum Gasteiger partial charge on any atom is 0.208 e.